The molecule has 1 heterocycles. The van der Waals surface area contributed by atoms with Gasteiger partial charge in [-0.15, -0.1) is 0 Å². The number of aryl methyl sites for hydroxylation is 1. The number of hydrogen-bond donors (Lipinski definition) is 0. The fourth-order valence-corrected chi connectivity index (χ4v) is 1.92. The Hall–Kier alpha value is -1.69. The van der Waals surface area contributed by atoms with Crippen molar-refractivity contribution in [1.29, 1.82) is 5.26 Å². The minimum Gasteiger partial charge on any atom is -0.493 e. The Kier molecular flexibility index (Phi) is 3.31. The van der Waals surface area contributed by atoms with Gasteiger partial charge in [-0.05, 0) is 36.5 Å². The van der Waals surface area contributed by atoms with Crippen LogP contribution in [0.2, 0.25) is 0 Å². The van der Waals surface area contributed by atoms with E-state index in [4.69, 9.17) is 10.00 Å². The molecule has 1 aliphatic heterocycles. The molecule has 3 nitrogen and oxygen atoms in total. The van der Waals surface area contributed by atoms with Crippen LogP contribution in [0, 0.1) is 11.5 Å². The van der Waals surface area contributed by atoms with E-state index >= 15 is 0 Å². The lowest BCUT2D eigenvalue weighted by Gasteiger charge is -2.18. The van der Waals surface area contributed by atoms with Crippen molar-refractivity contribution in [3.05, 3.63) is 29.3 Å². The first-order valence-corrected chi connectivity index (χ1v) is 5.65. The van der Waals surface area contributed by atoms with Gasteiger partial charge in [0.2, 0.25) is 0 Å². The van der Waals surface area contributed by atoms with Gasteiger partial charge in [-0.3, -0.25) is 0 Å². The molecule has 0 unspecified atom stereocenters. The first-order chi connectivity index (χ1) is 7.79. The third kappa shape index (κ3) is 2.46. The number of benzene rings is 1. The highest BCUT2D eigenvalue weighted by Gasteiger charge is 2.10. The van der Waals surface area contributed by atoms with Gasteiger partial charge < -0.3 is 9.64 Å². The van der Waals surface area contributed by atoms with Gasteiger partial charge in [0, 0.05) is 13.6 Å². The summed E-state index contributed by atoms with van der Waals surface area (Å²) in [5.41, 5.74) is 2.59. The minimum absolute atomic E-state index is 0.774. The second-order valence-corrected chi connectivity index (χ2v) is 4.17. The first-order valence-electron chi connectivity index (χ1n) is 5.65. The standard InChI is InChI=1S/C13H16N2O/c1-15(10-14)7-6-11-4-5-13-12(9-11)3-2-8-16-13/h4-5,9H,2-3,6-8H2,1H3. The van der Waals surface area contributed by atoms with E-state index in [0.717, 1.165) is 38.2 Å². The van der Waals surface area contributed by atoms with Gasteiger partial charge in [-0.25, -0.2) is 0 Å². The van der Waals surface area contributed by atoms with Crippen LogP contribution in [0.3, 0.4) is 0 Å². The second kappa shape index (κ2) is 4.89. The van der Waals surface area contributed by atoms with Crippen molar-refractivity contribution < 1.29 is 4.74 Å². The lowest BCUT2D eigenvalue weighted by molar-refractivity contribution is 0.288. The number of rotatable bonds is 3. The number of fused-ring (bicyclic) bond motifs is 1. The second-order valence-electron chi connectivity index (χ2n) is 4.17. The summed E-state index contributed by atoms with van der Waals surface area (Å²) in [5, 5.41) is 8.66. The van der Waals surface area contributed by atoms with Crippen LogP contribution in [0.25, 0.3) is 0 Å². The number of nitriles is 1. The molecule has 2 rings (SSSR count). The van der Waals surface area contributed by atoms with Gasteiger partial charge in [0.15, 0.2) is 6.19 Å². The monoisotopic (exact) mass is 216 g/mol. The molecule has 84 valence electrons. The molecule has 16 heavy (non-hydrogen) atoms. The molecular formula is C13H16N2O. The molecule has 0 radical (unpaired) electrons. The molecule has 0 atom stereocenters. The summed E-state index contributed by atoms with van der Waals surface area (Å²) in [5.74, 6) is 1.03. The summed E-state index contributed by atoms with van der Waals surface area (Å²) in [6, 6.07) is 6.35. The fraction of sp³-hybridized carbons (Fsp3) is 0.462. The molecule has 0 fully saturated rings. The Morgan fingerprint density at radius 2 is 2.38 bits per heavy atom. The molecular weight excluding hydrogens is 200 g/mol. The van der Waals surface area contributed by atoms with Gasteiger partial charge in [0.1, 0.15) is 5.75 Å². The largest absolute Gasteiger partial charge is 0.493 e. The Morgan fingerprint density at radius 3 is 3.19 bits per heavy atom. The van der Waals surface area contributed by atoms with E-state index in [1.165, 1.54) is 11.1 Å². The quantitative estimate of drug-likeness (QED) is 0.572. The highest BCUT2D eigenvalue weighted by Crippen LogP contribution is 2.25. The van der Waals surface area contributed by atoms with E-state index in [9.17, 15) is 0 Å². The first kappa shape index (κ1) is 10.8. The third-order valence-corrected chi connectivity index (χ3v) is 2.88. The average molecular weight is 216 g/mol. The van der Waals surface area contributed by atoms with Crippen molar-refractivity contribution in [2.45, 2.75) is 19.3 Å². The van der Waals surface area contributed by atoms with Crippen LogP contribution in [0.4, 0.5) is 0 Å². The van der Waals surface area contributed by atoms with Gasteiger partial charge in [0.25, 0.3) is 0 Å². The van der Waals surface area contributed by atoms with Crippen molar-refractivity contribution in [2.24, 2.45) is 0 Å². The molecule has 1 aromatic rings. The van der Waals surface area contributed by atoms with E-state index in [-0.39, 0.29) is 0 Å². The van der Waals surface area contributed by atoms with E-state index in [2.05, 4.69) is 24.4 Å². The SMILES string of the molecule is CN(C#N)CCc1ccc2c(c1)CCCO2. The summed E-state index contributed by atoms with van der Waals surface area (Å²) in [7, 11) is 1.81. The topological polar surface area (TPSA) is 36.3 Å². The van der Waals surface area contributed by atoms with Gasteiger partial charge in [-0.2, -0.15) is 5.26 Å². The lowest BCUT2D eigenvalue weighted by Crippen LogP contribution is -2.15. The molecule has 0 amide bonds. The predicted molar refractivity (Wildman–Crippen MR) is 62.2 cm³/mol. The Labute approximate surface area is 96.2 Å². The molecule has 0 aliphatic carbocycles. The third-order valence-electron chi connectivity index (χ3n) is 2.88. The maximum absolute atomic E-state index is 8.66. The van der Waals surface area contributed by atoms with Crippen molar-refractivity contribution in [3.63, 3.8) is 0 Å². The molecule has 3 heteroatoms. The van der Waals surface area contributed by atoms with Crippen molar-refractivity contribution >= 4 is 0 Å². The van der Waals surface area contributed by atoms with Gasteiger partial charge in [0.05, 0.1) is 6.61 Å². The number of likely N-dealkylation sites (N-methyl/N-ethyl adjacent to an activating group) is 1. The summed E-state index contributed by atoms with van der Waals surface area (Å²) < 4.78 is 5.56. The molecule has 0 aromatic heterocycles. The van der Waals surface area contributed by atoms with Gasteiger partial charge >= 0.3 is 0 Å². The highest BCUT2D eigenvalue weighted by atomic mass is 16.5. The van der Waals surface area contributed by atoms with Crippen molar-refractivity contribution in [1.82, 2.24) is 4.90 Å². The zero-order chi connectivity index (χ0) is 11.4. The highest BCUT2D eigenvalue weighted by molar-refractivity contribution is 5.38. The zero-order valence-corrected chi connectivity index (χ0v) is 9.57. The lowest BCUT2D eigenvalue weighted by atomic mass is 10.0. The molecule has 0 saturated carbocycles. The van der Waals surface area contributed by atoms with Crippen LogP contribution >= 0.6 is 0 Å². The Morgan fingerprint density at radius 1 is 1.50 bits per heavy atom. The van der Waals surface area contributed by atoms with Crippen LogP contribution < -0.4 is 4.74 Å². The van der Waals surface area contributed by atoms with Crippen LogP contribution in [0.1, 0.15) is 17.5 Å². The normalized spacial score (nSPS) is 13.5. The summed E-state index contributed by atoms with van der Waals surface area (Å²) in [6.07, 6.45) is 5.23. The van der Waals surface area contributed by atoms with Gasteiger partial charge in [-0.1, -0.05) is 12.1 Å². The van der Waals surface area contributed by atoms with Crippen LogP contribution in [0.5, 0.6) is 5.75 Å². The number of nitrogens with zero attached hydrogens (tertiary/aromatic N) is 2. The van der Waals surface area contributed by atoms with Crippen LogP contribution in [0.15, 0.2) is 18.2 Å². The van der Waals surface area contributed by atoms with Crippen LogP contribution in [-0.4, -0.2) is 25.1 Å². The maximum Gasteiger partial charge on any atom is 0.179 e. The maximum atomic E-state index is 8.66. The smallest absolute Gasteiger partial charge is 0.179 e. The average Bonchev–Trinajstić information content (AvgIpc) is 2.35. The van der Waals surface area contributed by atoms with E-state index in [1.54, 1.807) is 4.90 Å². The number of hydrogen-bond acceptors (Lipinski definition) is 3. The number of ether oxygens (including phenoxy) is 1. The molecule has 0 spiro atoms. The molecule has 1 aromatic carbocycles. The summed E-state index contributed by atoms with van der Waals surface area (Å²) in [4.78, 5) is 1.65. The minimum atomic E-state index is 0.774. The zero-order valence-electron chi connectivity index (χ0n) is 9.57. The van der Waals surface area contributed by atoms with Crippen LogP contribution in [-0.2, 0) is 12.8 Å². The van der Waals surface area contributed by atoms with Crippen molar-refractivity contribution in [3.8, 4) is 11.9 Å². The Bertz CT molecular complexity index is 409. The molecule has 0 saturated heterocycles. The Balaban J connectivity index is 2.03. The van der Waals surface area contributed by atoms with E-state index in [0.29, 0.717) is 0 Å². The summed E-state index contributed by atoms with van der Waals surface area (Å²) in [6.45, 7) is 1.61. The van der Waals surface area contributed by atoms with E-state index in [1.807, 2.05) is 7.05 Å². The predicted octanol–water partition coefficient (Wildman–Crippen LogP) is 1.97. The molecule has 1 aliphatic rings. The summed E-state index contributed by atoms with van der Waals surface area (Å²) >= 11 is 0. The molecule has 0 N–H and O–H groups in total. The molecule has 0 bridgehead atoms. The fourth-order valence-electron chi connectivity index (χ4n) is 1.92. The van der Waals surface area contributed by atoms with E-state index < -0.39 is 0 Å². The van der Waals surface area contributed by atoms with Crippen molar-refractivity contribution in [2.75, 3.05) is 20.2 Å².